The molecular weight excluding hydrogens is 508 g/mol. The van der Waals surface area contributed by atoms with Gasteiger partial charge in [0.05, 0.1) is 10.7 Å². The fraction of sp³-hybridized carbons (Fsp3) is 0.387. The van der Waals surface area contributed by atoms with Crippen molar-refractivity contribution in [3.63, 3.8) is 0 Å². The minimum Gasteiger partial charge on any atom is -0.368 e. The molecule has 4 aromatic rings. The van der Waals surface area contributed by atoms with Crippen LogP contribution in [0.4, 0.5) is 11.4 Å². The molecule has 1 amide bonds. The lowest BCUT2D eigenvalue weighted by atomic mass is 10.1. The first-order valence-corrected chi connectivity index (χ1v) is 14.3. The van der Waals surface area contributed by atoms with Crippen LogP contribution in [0.2, 0.25) is 5.02 Å². The van der Waals surface area contributed by atoms with Crippen LogP contribution in [0.1, 0.15) is 28.7 Å². The lowest BCUT2D eigenvalue weighted by Crippen LogP contribution is -2.54. The first-order valence-electron chi connectivity index (χ1n) is 13.9. The number of nitrogens with zero attached hydrogens (tertiary/aromatic N) is 5. The van der Waals surface area contributed by atoms with E-state index < -0.39 is 0 Å². The number of hydrogen-bond acceptors (Lipinski definition) is 4. The first-order chi connectivity index (χ1) is 18.9. The van der Waals surface area contributed by atoms with Gasteiger partial charge >= 0.3 is 0 Å². The molecule has 2 aromatic carbocycles. The Bertz CT molecular complexity index is 1480. The van der Waals surface area contributed by atoms with Crippen molar-refractivity contribution >= 4 is 39.8 Å². The van der Waals surface area contributed by atoms with E-state index in [1.165, 1.54) is 16.6 Å². The summed E-state index contributed by atoms with van der Waals surface area (Å²) >= 11 is 6.43. The molecule has 4 heterocycles. The summed E-state index contributed by atoms with van der Waals surface area (Å²) in [7, 11) is 2.02. The average molecular weight is 545 g/mol. The molecule has 0 bridgehead atoms. The second-order valence-corrected chi connectivity index (χ2v) is 11.4. The molecule has 2 fully saturated rings. The van der Waals surface area contributed by atoms with Crippen molar-refractivity contribution in [2.45, 2.75) is 26.4 Å². The number of nitrogens with one attached hydrogen (secondary N) is 1. The average Bonchev–Trinajstić information content (AvgIpc) is 3.53. The van der Waals surface area contributed by atoms with Gasteiger partial charge in [-0.2, -0.15) is 0 Å². The van der Waals surface area contributed by atoms with Crippen molar-refractivity contribution < 1.29 is 4.79 Å². The smallest absolute Gasteiger partial charge is 0.270 e. The van der Waals surface area contributed by atoms with E-state index in [0.717, 1.165) is 80.0 Å². The molecule has 39 heavy (non-hydrogen) atoms. The molecule has 1 atom stereocenters. The third-order valence-corrected chi connectivity index (χ3v) is 8.93. The molecule has 0 saturated carbocycles. The topological polar surface area (TPSA) is 50.8 Å². The highest BCUT2D eigenvalue weighted by Crippen LogP contribution is 2.28. The van der Waals surface area contributed by atoms with Gasteiger partial charge in [-0.25, -0.2) is 0 Å². The lowest BCUT2D eigenvalue weighted by molar-refractivity contribution is 0.0664. The third kappa shape index (κ3) is 5.01. The van der Waals surface area contributed by atoms with E-state index >= 15 is 0 Å². The molecule has 7 nitrogen and oxygen atoms in total. The Morgan fingerprint density at radius 2 is 1.74 bits per heavy atom. The number of hydrogen-bond donors (Lipinski definition) is 1. The van der Waals surface area contributed by atoms with Gasteiger partial charge in [-0.05, 0) is 61.9 Å². The van der Waals surface area contributed by atoms with Crippen LogP contribution >= 0.6 is 11.6 Å². The standard InChI is InChI=1S/C31H37ClN6O/c1-22-20-37(26-8-9-28-24(18-26)10-11-33-28)16-17-38(22)31(39)30-19-25(23(2)34(30)3)21-35-12-14-36(15-13-35)29-7-5-4-6-27(29)32/h4-11,18-19,22,33H,12-17,20-21H2,1-3H3. The molecule has 1 N–H and O–H groups in total. The molecule has 2 aliphatic rings. The van der Waals surface area contributed by atoms with Crippen LogP contribution in [0.15, 0.2) is 60.8 Å². The summed E-state index contributed by atoms with van der Waals surface area (Å²) in [6, 6.07) is 19.0. The fourth-order valence-electron chi connectivity index (χ4n) is 6.10. The van der Waals surface area contributed by atoms with Crippen LogP contribution in [-0.2, 0) is 13.6 Å². The summed E-state index contributed by atoms with van der Waals surface area (Å²) in [6.07, 6.45) is 1.98. The maximum absolute atomic E-state index is 13.8. The Morgan fingerprint density at radius 3 is 2.51 bits per heavy atom. The molecule has 2 aromatic heterocycles. The van der Waals surface area contributed by atoms with Crippen molar-refractivity contribution in [1.82, 2.24) is 19.4 Å². The van der Waals surface area contributed by atoms with E-state index in [0.29, 0.717) is 0 Å². The molecule has 2 saturated heterocycles. The van der Waals surface area contributed by atoms with Crippen LogP contribution < -0.4 is 9.80 Å². The number of piperazine rings is 2. The normalized spacial score (nSPS) is 18.8. The molecule has 2 aliphatic heterocycles. The van der Waals surface area contributed by atoms with Crippen LogP contribution in [0.5, 0.6) is 0 Å². The molecule has 8 heteroatoms. The van der Waals surface area contributed by atoms with E-state index in [1.807, 2.05) is 36.3 Å². The van der Waals surface area contributed by atoms with Crippen LogP contribution in [0.25, 0.3) is 10.9 Å². The summed E-state index contributed by atoms with van der Waals surface area (Å²) in [5.74, 6) is 0.128. The second kappa shape index (κ2) is 10.6. The molecular formula is C31H37ClN6O. The van der Waals surface area contributed by atoms with Crippen molar-refractivity contribution in [1.29, 1.82) is 0 Å². The van der Waals surface area contributed by atoms with Crippen molar-refractivity contribution in [2.24, 2.45) is 7.05 Å². The van der Waals surface area contributed by atoms with Crippen molar-refractivity contribution in [3.05, 3.63) is 82.8 Å². The van der Waals surface area contributed by atoms with Gasteiger partial charge in [0.25, 0.3) is 5.91 Å². The predicted molar refractivity (Wildman–Crippen MR) is 160 cm³/mol. The Labute approximate surface area is 235 Å². The Balaban J connectivity index is 1.09. The minimum atomic E-state index is 0.128. The number of rotatable bonds is 5. The number of amides is 1. The minimum absolute atomic E-state index is 0.128. The van der Waals surface area contributed by atoms with E-state index in [1.54, 1.807) is 0 Å². The van der Waals surface area contributed by atoms with Crippen LogP contribution in [-0.4, -0.2) is 77.1 Å². The number of para-hydroxylation sites is 1. The SMILES string of the molecule is Cc1c(CN2CCN(c3ccccc3Cl)CC2)cc(C(=O)N2CCN(c3ccc4[nH]ccc4c3)CC2C)n1C. The van der Waals surface area contributed by atoms with E-state index in [4.69, 9.17) is 11.6 Å². The Kier molecular flexibility index (Phi) is 7.04. The van der Waals surface area contributed by atoms with Gasteiger partial charge in [0.1, 0.15) is 5.69 Å². The largest absolute Gasteiger partial charge is 0.368 e. The van der Waals surface area contributed by atoms with Gasteiger partial charge in [0, 0.05) is 93.9 Å². The maximum Gasteiger partial charge on any atom is 0.270 e. The lowest BCUT2D eigenvalue weighted by Gasteiger charge is -2.41. The van der Waals surface area contributed by atoms with E-state index in [2.05, 4.69) is 74.5 Å². The van der Waals surface area contributed by atoms with Crippen molar-refractivity contribution in [3.8, 4) is 0 Å². The highest BCUT2D eigenvalue weighted by atomic mass is 35.5. The number of H-pyrrole nitrogens is 1. The Morgan fingerprint density at radius 1 is 0.974 bits per heavy atom. The monoisotopic (exact) mass is 544 g/mol. The number of aromatic amines is 1. The number of anilines is 2. The summed E-state index contributed by atoms with van der Waals surface area (Å²) in [6.45, 7) is 11.3. The Hall–Kier alpha value is -3.42. The molecule has 1 unspecified atom stereocenters. The third-order valence-electron chi connectivity index (χ3n) is 8.61. The van der Waals surface area contributed by atoms with Gasteiger partial charge < -0.3 is 24.3 Å². The van der Waals surface area contributed by atoms with Gasteiger partial charge in [-0.3, -0.25) is 9.69 Å². The van der Waals surface area contributed by atoms with Gasteiger partial charge in [-0.1, -0.05) is 23.7 Å². The first kappa shape index (κ1) is 25.8. The fourth-order valence-corrected chi connectivity index (χ4v) is 6.36. The number of benzene rings is 2. The molecule has 0 radical (unpaired) electrons. The molecule has 204 valence electrons. The number of halogens is 1. The number of fused-ring (bicyclic) bond motifs is 1. The second-order valence-electron chi connectivity index (χ2n) is 11.0. The van der Waals surface area contributed by atoms with Gasteiger partial charge in [0.15, 0.2) is 0 Å². The van der Waals surface area contributed by atoms with E-state index in [-0.39, 0.29) is 11.9 Å². The summed E-state index contributed by atoms with van der Waals surface area (Å²) in [5, 5.41) is 2.03. The van der Waals surface area contributed by atoms with Crippen LogP contribution in [0, 0.1) is 6.92 Å². The molecule has 6 rings (SSSR count). The number of carbonyl (C=O) groups excluding carboxylic acids is 1. The summed E-state index contributed by atoms with van der Waals surface area (Å²) in [5.41, 5.74) is 6.66. The molecule has 0 spiro atoms. The zero-order valence-corrected chi connectivity index (χ0v) is 23.8. The van der Waals surface area contributed by atoms with E-state index in [9.17, 15) is 4.79 Å². The number of carbonyl (C=O) groups is 1. The van der Waals surface area contributed by atoms with Crippen molar-refractivity contribution in [2.75, 3.05) is 55.6 Å². The highest BCUT2D eigenvalue weighted by Gasteiger charge is 2.31. The van der Waals surface area contributed by atoms with Crippen LogP contribution in [0.3, 0.4) is 0 Å². The number of aromatic nitrogens is 2. The zero-order chi connectivity index (χ0) is 27.1. The highest BCUT2D eigenvalue weighted by molar-refractivity contribution is 6.33. The van der Waals surface area contributed by atoms with Gasteiger partial charge in [0.2, 0.25) is 0 Å². The maximum atomic E-state index is 13.8. The summed E-state index contributed by atoms with van der Waals surface area (Å²) < 4.78 is 2.08. The zero-order valence-electron chi connectivity index (χ0n) is 23.0. The quantitative estimate of drug-likeness (QED) is 0.378. The van der Waals surface area contributed by atoms with Gasteiger partial charge in [-0.15, -0.1) is 0 Å². The predicted octanol–water partition coefficient (Wildman–Crippen LogP) is 5.14. The molecule has 0 aliphatic carbocycles. The summed E-state index contributed by atoms with van der Waals surface area (Å²) in [4.78, 5) is 26.3.